The van der Waals surface area contributed by atoms with Crippen molar-refractivity contribution >= 4 is 23.5 Å². The lowest BCUT2D eigenvalue weighted by molar-refractivity contribution is 0.000735. The predicted molar refractivity (Wildman–Crippen MR) is 145 cm³/mol. The maximum atomic E-state index is 12.2. The Bertz CT molecular complexity index is 1210. The number of rotatable bonds is 5. The lowest BCUT2D eigenvalue weighted by atomic mass is 10.0. The lowest BCUT2D eigenvalue weighted by Crippen LogP contribution is -2.49. The molecule has 0 radical (unpaired) electrons. The van der Waals surface area contributed by atoms with Crippen molar-refractivity contribution < 1.29 is 14.3 Å². The number of ether oxygens (including phenoxy) is 2. The Morgan fingerprint density at radius 3 is 2.37 bits per heavy atom. The molecule has 5 heterocycles. The molecule has 2 saturated heterocycles. The molecule has 0 unspecified atom stereocenters. The highest BCUT2D eigenvalue weighted by atomic mass is 16.5. The SMILES string of the molecule is CC.O=C(Nc1ccc(-c2nc3c(c(N4CCOCC4)n2)CCN(c2ncccn2)C3)cc1)NC1COC1. The summed E-state index contributed by atoms with van der Waals surface area (Å²) in [4.78, 5) is 35.5. The fraction of sp³-hybridized carbons (Fsp3) is 0.444. The number of aromatic nitrogens is 4. The van der Waals surface area contributed by atoms with Gasteiger partial charge in [-0.15, -0.1) is 0 Å². The van der Waals surface area contributed by atoms with Crippen LogP contribution in [-0.2, 0) is 22.4 Å². The largest absolute Gasteiger partial charge is 0.378 e. The van der Waals surface area contributed by atoms with Gasteiger partial charge in [0.05, 0.1) is 44.7 Å². The van der Waals surface area contributed by atoms with Crippen LogP contribution in [0, 0.1) is 0 Å². The number of hydrogen-bond donors (Lipinski definition) is 2. The van der Waals surface area contributed by atoms with Gasteiger partial charge in [-0.1, -0.05) is 13.8 Å². The van der Waals surface area contributed by atoms with Crippen LogP contribution in [-0.4, -0.2) is 78.1 Å². The molecule has 3 aliphatic rings. The molecular weight excluding hydrogens is 484 g/mol. The van der Waals surface area contributed by atoms with E-state index in [9.17, 15) is 4.79 Å². The Morgan fingerprint density at radius 1 is 0.947 bits per heavy atom. The second-order valence-electron chi connectivity index (χ2n) is 9.03. The molecule has 11 nitrogen and oxygen atoms in total. The van der Waals surface area contributed by atoms with Gasteiger partial charge in [0.25, 0.3) is 0 Å². The Morgan fingerprint density at radius 2 is 1.68 bits per heavy atom. The van der Waals surface area contributed by atoms with Gasteiger partial charge in [0.1, 0.15) is 5.82 Å². The minimum absolute atomic E-state index is 0.0765. The monoisotopic (exact) mass is 518 g/mol. The quantitative estimate of drug-likeness (QED) is 0.526. The topological polar surface area (TPSA) is 118 Å². The van der Waals surface area contributed by atoms with Crippen LogP contribution in [0.4, 0.5) is 22.2 Å². The first kappa shape index (κ1) is 25.8. The van der Waals surface area contributed by atoms with Crippen LogP contribution in [0.25, 0.3) is 11.4 Å². The molecule has 0 spiro atoms. The van der Waals surface area contributed by atoms with Gasteiger partial charge in [0.15, 0.2) is 5.82 Å². The third kappa shape index (κ3) is 5.84. The number of benzene rings is 1. The van der Waals surface area contributed by atoms with E-state index in [2.05, 4.69) is 30.4 Å². The number of nitrogens with zero attached hydrogens (tertiary/aromatic N) is 6. The molecular formula is C27H34N8O3. The predicted octanol–water partition coefficient (Wildman–Crippen LogP) is 2.88. The van der Waals surface area contributed by atoms with Crippen LogP contribution in [0.15, 0.2) is 42.7 Å². The first-order valence-electron chi connectivity index (χ1n) is 13.2. The second-order valence-corrected chi connectivity index (χ2v) is 9.03. The van der Waals surface area contributed by atoms with Crippen LogP contribution in [0.5, 0.6) is 0 Å². The summed E-state index contributed by atoms with van der Waals surface area (Å²) in [5.74, 6) is 2.35. The average Bonchev–Trinajstić information content (AvgIpc) is 2.96. The van der Waals surface area contributed by atoms with Crippen molar-refractivity contribution in [3.8, 4) is 11.4 Å². The molecule has 6 rings (SSSR count). The van der Waals surface area contributed by atoms with Gasteiger partial charge in [0, 0.05) is 48.8 Å². The zero-order valence-corrected chi connectivity index (χ0v) is 21.9. The van der Waals surface area contributed by atoms with Crippen LogP contribution in [0.2, 0.25) is 0 Å². The van der Waals surface area contributed by atoms with E-state index in [0.717, 1.165) is 43.1 Å². The van der Waals surface area contributed by atoms with Crippen LogP contribution in [0.3, 0.4) is 0 Å². The zero-order chi connectivity index (χ0) is 26.3. The summed E-state index contributed by atoms with van der Waals surface area (Å²) in [6.45, 7) is 9.53. The maximum absolute atomic E-state index is 12.2. The van der Waals surface area contributed by atoms with Gasteiger partial charge in [-0.25, -0.2) is 24.7 Å². The number of hydrogen-bond acceptors (Lipinski definition) is 9. The van der Waals surface area contributed by atoms with Crippen molar-refractivity contribution in [2.75, 3.05) is 61.2 Å². The first-order chi connectivity index (χ1) is 18.7. The molecule has 11 heteroatoms. The van der Waals surface area contributed by atoms with Gasteiger partial charge >= 0.3 is 6.03 Å². The Balaban J connectivity index is 0.00000144. The van der Waals surface area contributed by atoms with E-state index in [4.69, 9.17) is 19.4 Å². The number of anilines is 3. The highest BCUT2D eigenvalue weighted by molar-refractivity contribution is 5.89. The normalized spacial score (nSPS) is 17.0. The van der Waals surface area contributed by atoms with E-state index in [0.29, 0.717) is 50.4 Å². The molecule has 38 heavy (non-hydrogen) atoms. The standard InChI is InChI=1S/C25H28N8O3.C2H6/c34-25(29-19-15-36-16-19)28-18-4-2-17(3-5-18)22-30-21-14-33(24-26-7-1-8-27-24)9-6-20(21)23(31-22)32-10-12-35-13-11-32;1-2/h1-5,7-8,19H,6,9-16H2,(H2,28,29,34);1-2H3. The fourth-order valence-corrected chi connectivity index (χ4v) is 4.58. The number of urea groups is 1. The number of fused-ring (bicyclic) bond motifs is 1. The molecule has 2 fully saturated rings. The van der Waals surface area contributed by atoms with Crippen molar-refractivity contribution in [3.05, 3.63) is 54.0 Å². The van der Waals surface area contributed by atoms with Gasteiger partial charge in [0.2, 0.25) is 5.95 Å². The molecule has 3 aliphatic heterocycles. The Hall–Kier alpha value is -3.83. The molecule has 0 atom stereocenters. The summed E-state index contributed by atoms with van der Waals surface area (Å²) in [5, 5.41) is 5.74. The van der Waals surface area contributed by atoms with Crippen LogP contribution < -0.4 is 20.4 Å². The highest BCUT2D eigenvalue weighted by Gasteiger charge is 2.27. The number of carbonyl (C=O) groups excluding carboxylic acids is 1. The number of carbonyl (C=O) groups is 1. The Kier molecular flexibility index (Phi) is 8.25. The summed E-state index contributed by atoms with van der Waals surface area (Å²) < 4.78 is 10.7. The smallest absolute Gasteiger partial charge is 0.319 e. The third-order valence-electron chi connectivity index (χ3n) is 6.56. The molecule has 3 aromatic rings. The molecule has 0 saturated carbocycles. The van der Waals surface area contributed by atoms with Crippen molar-refractivity contribution in [2.24, 2.45) is 0 Å². The third-order valence-corrected chi connectivity index (χ3v) is 6.56. The fourth-order valence-electron chi connectivity index (χ4n) is 4.58. The summed E-state index contributed by atoms with van der Waals surface area (Å²) >= 11 is 0. The van der Waals surface area contributed by atoms with E-state index in [-0.39, 0.29) is 12.1 Å². The van der Waals surface area contributed by atoms with Crippen LogP contribution >= 0.6 is 0 Å². The summed E-state index contributed by atoms with van der Waals surface area (Å²) in [6, 6.07) is 9.27. The van der Waals surface area contributed by atoms with Gasteiger partial charge in [-0.2, -0.15) is 0 Å². The van der Waals surface area contributed by atoms with Crippen LogP contribution in [0.1, 0.15) is 25.1 Å². The molecule has 2 N–H and O–H groups in total. The number of morpholine rings is 1. The molecule has 200 valence electrons. The molecule has 0 bridgehead atoms. The summed E-state index contributed by atoms with van der Waals surface area (Å²) in [7, 11) is 0. The zero-order valence-electron chi connectivity index (χ0n) is 21.9. The Labute approximate surface area is 222 Å². The minimum atomic E-state index is -0.237. The first-order valence-corrected chi connectivity index (χ1v) is 13.2. The van der Waals surface area contributed by atoms with Gasteiger partial charge < -0.3 is 29.9 Å². The summed E-state index contributed by atoms with van der Waals surface area (Å²) in [6.07, 6.45) is 4.35. The molecule has 2 amide bonds. The van der Waals surface area contributed by atoms with Crippen molar-refractivity contribution in [3.63, 3.8) is 0 Å². The lowest BCUT2D eigenvalue weighted by Gasteiger charge is -2.34. The minimum Gasteiger partial charge on any atom is -0.378 e. The second kappa shape index (κ2) is 12.1. The van der Waals surface area contributed by atoms with Crippen molar-refractivity contribution in [1.82, 2.24) is 25.3 Å². The highest BCUT2D eigenvalue weighted by Crippen LogP contribution is 2.31. The molecule has 0 aliphatic carbocycles. The number of nitrogens with one attached hydrogen (secondary N) is 2. The number of amides is 2. The molecule has 2 aromatic heterocycles. The van der Waals surface area contributed by atoms with E-state index in [1.807, 2.05) is 44.2 Å². The summed E-state index contributed by atoms with van der Waals surface area (Å²) in [5.41, 5.74) is 3.77. The van der Waals surface area contributed by atoms with E-state index in [1.54, 1.807) is 12.4 Å². The van der Waals surface area contributed by atoms with Gasteiger partial charge in [-0.05, 0) is 36.8 Å². The maximum Gasteiger partial charge on any atom is 0.319 e. The average molecular weight is 519 g/mol. The molecule has 1 aromatic carbocycles. The van der Waals surface area contributed by atoms with Crippen molar-refractivity contribution in [2.45, 2.75) is 32.9 Å². The van der Waals surface area contributed by atoms with Gasteiger partial charge in [-0.3, -0.25) is 0 Å². The van der Waals surface area contributed by atoms with Crippen molar-refractivity contribution in [1.29, 1.82) is 0 Å². The van der Waals surface area contributed by atoms with E-state index >= 15 is 0 Å². The van der Waals surface area contributed by atoms with E-state index < -0.39 is 0 Å². The van der Waals surface area contributed by atoms with E-state index in [1.165, 1.54) is 5.56 Å².